The van der Waals surface area contributed by atoms with Crippen LogP contribution in [0.25, 0.3) is 0 Å². The van der Waals surface area contributed by atoms with Crippen molar-refractivity contribution < 1.29 is 23.9 Å². The average Bonchev–Trinajstić information content (AvgIpc) is 3.16. The Labute approximate surface area is 144 Å². The highest BCUT2D eigenvalue weighted by atomic mass is 16.4. The largest absolute Gasteiger partial charge is 0.479 e. The van der Waals surface area contributed by atoms with Crippen molar-refractivity contribution in [3.05, 3.63) is 59.5 Å². The van der Waals surface area contributed by atoms with Gasteiger partial charge < -0.3 is 19.7 Å². The second-order valence-electron chi connectivity index (χ2n) is 5.93. The summed E-state index contributed by atoms with van der Waals surface area (Å²) in [7, 11) is 0. The number of hydrogen-bond acceptors (Lipinski definition) is 4. The number of amides is 2. The van der Waals surface area contributed by atoms with Crippen LogP contribution in [0, 0.1) is 6.92 Å². The molecule has 25 heavy (non-hydrogen) atoms. The maximum absolute atomic E-state index is 12.6. The SMILES string of the molecule is Cc1ccoc1C(=O)N[C@@H]1CCN([C@@H](C(=O)O)c2ccccc2)C1=O. The molecular weight excluding hydrogens is 324 g/mol. The molecule has 1 aliphatic heterocycles. The maximum atomic E-state index is 12.6. The lowest BCUT2D eigenvalue weighted by atomic mass is 10.1. The molecule has 2 amide bonds. The third-order valence-corrected chi connectivity index (χ3v) is 4.27. The van der Waals surface area contributed by atoms with Gasteiger partial charge in [-0.25, -0.2) is 4.79 Å². The maximum Gasteiger partial charge on any atom is 0.331 e. The molecule has 7 heteroatoms. The number of hydrogen-bond donors (Lipinski definition) is 2. The van der Waals surface area contributed by atoms with E-state index in [1.807, 2.05) is 0 Å². The lowest BCUT2D eigenvalue weighted by molar-refractivity contribution is -0.149. The van der Waals surface area contributed by atoms with Gasteiger partial charge >= 0.3 is 5.97 Å². The number of nitrogens with one attached hydrogen (secondary N) is 1. The van der Waals surface area contributed by atoms with Crippen LogP contribution >= 0.6 is 0 Å². The number of nitrogens with zero attached hydrogens (tertiary/aromatic N) is 1. The van der Waals surface area contributed by atoms with Crippen molar-refractivity contribution in [3.63, 3.8) is 0 Å². The van der Waals surface area contributed by atoms with Crippen LogP contribution in [0.15, 0.2) is 47.1 Å². The summed E-state index contributed by atoms with van der Waals surface area (Å²) in [5, 5.41) is 12.2. The molecule has 2 atom stereocenters. The lowest BCUT2D eigenvalue weighted by Crippen LogP contribution is -2.43. The Morgan fingerprint density at radius 1 is 1.28 bits per heavy atom. The van der Waals surface area contributed by atoms with Crippen LogP contribution in [-0.2, 0) is 9.59 Å². The topological polar surface area (TPSA) is 99.8 Å². The highest BCUT2D eigenvalue weighted by molar-refractivity contribution is 5.98. The molecule has 0 unspecified atom stereocenters. The van der Waals surface area contributed by atoms with Crippen molar-refractivity contribution in [3.8, 4) is 0 Å². The first-order valence-electron chi connectivity index (χ1n) is 7.92. The van der Waals surface area contributed by atoms with Crippen LogP contribution in [0.5, 0.6) is 0 Å². The van der Waals surface area contributed by atoms with Crippen molar-refractivity contribution in [2.45, 2.75) is 25.4 Å². The predicted octanol–water partition coefficient (Wildman–Crippen LogP) is 1.74. The van der Waals surface area contributed by atoms with Crippen molar-refractivity contribution in [1.82, 2.24) is 10.2 Å². The van der Waals surface area contributed by atoms with Crippen LogP contribution in [0.2, 0.25) is 0 Å². The van der Waals surface area contributed by atoms with E-state index in [0.29, 0.717) is 17.5 Å². The Morgan fingerprint density at radius 3 is 2.60 bits per heavy atom. The van der Waals surface area contributed by atoms with Crippen molar-refractivity contribution in [2.75, 3.05) is 6.54 Å². The van der Waals surface area contributed by atoms with Crippen LogP contribution in [-0.4, -0.2) is 40.4 Å². The van der Waals surface area contributed by atoms with Crippen LogP contribution in [0.3, 0.4) is 0 Å². The summed E-state index contributed by atoms with van der Waals surface area (Å²) in [6.45, 7) is 1.99. The molecule has 0 saturated carbocycles. The molecule has 2 N–H and O–H groups in total. The molecule has 1 saturated heterocycles. The number of benzene rings is 1. The van der Waals surface area contributed by atoms with E-state index in [0.717, 1.165) is 0 Å². The van der Waals surface area contributed by atoms with Gasteiger partial charge in [-0.05, 0) is 25.0 Å². The molecule has 2 heterocycles. The summed E-state index contributed by atoms with van der Waals surface area (Å²) >= 11 is 0. The van der Waals surface area contributed by atoms with E-state index in [2.05, 4.69) is 5.32 Å². The second-order valence-corrected chi connectivity index (χ2v) is 5.93. The minimum atomic E-state index is -1.10. The monoisotopic (exact) mass is 342 g/mol. The zero-order valence-corrected chi connectivity index (χ0v) is 13.6. The Kier molecular flexibility index (Phi) is 4.56. The zero-order chi connectivity index (χ0) is 18.0. The third kappa shape index (κ3) is 3.26. The van der Waals surface area contributed by atoms with Gasteiger partial charge in [0.25, 0.3) is 5.91 Å². The number of aryl methyl sites for hydroxylation is 1. The number of furan rings is 1. The molecular formula is C18H18N2O5. The van der Waals surface area contributed by atoms with Gasteiger partial charge in [0.15, 0.2) is 11.8 Å². The number of carboxylic acids is 1. The van der Waals surface area contributed by atoms with E-state index >= 15 is 0 Å². The minimum Gasteiger partial charge on any atom is -0.479 e. The number of carbonyl (C=O) groups excluding carboxylic acids is 2. The molecule has 1 aromatic carbocycles. The Bertz CT molecular complexity index is 799. The molecule has 0 bridgehead atoms. The lowest BCUT2D eigenvalue weighted by Gasteiger charge is -2.25. The van der Waals surface area contributed by atoms with Gasteiger partial charge in [-0.1, -0.05) is 30.3 Å². The number of carboxylic acid groups (broad SMARTS) is 1. The summed E-state index contributed by atoms with van der Waals surface area (Å²) in [6, 6.07) is 8.41. The molecule has 3 rings (SSSR count). The molecule has 130 valence electrons. The van der Waals surface area contributed by atoms with Crippen molar-refractivity contribution in [1.29, 1.82) is 0 Å². The first kappa shape index (κ1) is 16.8. The van der Waals surface area contributed by atoms with Crippen LogP contribution < -0.4 is 5.32 Å². The van der Waals surface area contributed by atoms with Gasteiger partial charge in [-0.3, -0.25) is 9.59 Å². The number of carbonyl (C=O) groups is 3. The summed E-state index contributed by atoms with van der Waals surface area (Å²) in [5.74, 6) is -1.83. The fraction of sp³-hybridized carbons (Fsp3) is 0.278. The Balaban J connectivity index is 1.75. The summed E-state index contributed by atoms with van der Waals surface area (Å²) in [5.41, 5.74) is 1.20. The van der Waals surface area contributed by atoms with E-state index in [-0.39, 0.29) is 12.3 Å². The smallest absolute Gasteiger partial charge is 0.331 e. The predicted molar refractivity (Wildman–Crippen MR) is 87.8 cm³/mol. The van der Waals surface area contributed by atoms with Crippen LogP contribution in [0.4, 0.5) is 0 Å². The standard InChI is InChI=1S/C18H18N2O5/c1-11-8-10-25-15(11)16(21)19-13-7-9-20(17(13)22)14(18(23)24)12-5-3-2-4-6-12/h2-6,8,10,13-14H,7,9H2,1H3,(H,19,21)(H,23,24)/t13-,14-/m1/s1. The van der Waals surface area contributed by atoms with E-state index in [4.69, 9.17) is 4.42 Å². The first-order chi connectivity index (χ1) is 12.0. The minimum absolute atomic E-state index is 0.157. The van der Waals surface area contributed by atoms with Gasteiger partial charge in [0.2, 0.25) is 5.91 Å². The van der Waals surface area contributed by atoms with E-state index < -0.39 is 29.9 Å². The second kappa shape index (κ2) is 6.80. The van der Waals surface area contributed by atoms with Crippen molar-refractivity contribution in [2.24, 2.45) is 0 Å². The normalized spacial score (nSPS) is 18.2. The molecule has 7 nitrogen and oxygen atoms in total. The molecule has 0 spiro atoms. The summed E-state index contributed by atoms with van der Waals surface area (Å²) in [4.78, 5) is 37.8. The summed E-state index contributed by atoms with van der Waals surface area (Å²) < 4.78 is 5.12. The fourth-order valence-electron chi connectivity index (χ4n) is 3.01. The molecule has 2 aromatic rings. The fourth-order valence-corrected chi connectivity index (χ4v) is 3.01. The number of likely N-dealkylation sites (tertiary alicyclic amines) is 1. The first-order valence-corrected chi connectivity index (χ1v) is 7.92. The third-order valence-electron chi connectivity index (χ3n) is 4.27. The molecule has 0 aliphatic carbocycles. The number of aliphatic carboxylic acids is 1. The van der Waals surface area contributed by atoms with E-state index in [1.54, 1.807) is 43.3 Å². The van der Waals surface area contributed by atoms with Crippen molar-refractivity contribution >= 4 is 17.8 Å². The Hall–Kier alpha value is -3.09. The molecule has 1 aliphatic rings. The van der Waals surface area contributed by atoms with Gasteiger partial charge in [0.05, 0.1) is 6.26 Å². The quantitative estimate of drug-likeness (QED) is 0.862. The molecule has 1 aromatic heterocycles. The highest BCUT2D eigenvalue weighted by Gasteiger charge is 2.40. The van der Waals surface area contributed by atoms with Crippen LogP contribution in [0.1, 0.15) is 34.1 Å². The van der Waals surface area contributed by atoms with E-state index in [1.165, 1.54) is 11.2 Å². The molecule has 0 radical (unpaired) electrons. The Morgan fingerprint density at radius 2 is 2.00 bits per heavy atom. The summed E-state index contributed by atoms with van der Waals surface area (Å²) in [6.07, 6.45) is 1.75. The average molecular weight is 342 g/mol. The molecule has 1 fully saturated rings. The highest BCUT2D eigenvalue weighted by Crippen LogP contribution is 2.26. The van der Waals surface area contributed by atoms with Gasteiger partial charge in [-0.15, -0.1) is 0 Å². The zero-order valence-electron chi connectivity index (χ0n) is 13.6. The number of rotatable bonds is 5. The van der Waals surface area contributed by atoms with Gasteiger partial charge in [-0.2, -0.15) is 0 Å². The van der Waals surface area contributed by atoms with Gasteiger partial charge in [0, 0.05) is 12.1 Å². The van der Waals surface area contributed by atoms with E-state index in [9.17, 15) is 19.5 Å². The van der Waals surface area contributed by atoms with Gasteiger partial charge in [0.1, 0.15) is 6.04 Å².